The Kier molecular flexibility index (Phi) is 4.36. The molecule has 0 amide bonds. The van der Waals surface area contributed by atoms with Crippen molar-refractivity contribution in [2.24, 2.45) is 5.73 Å². The minimum absolute atomic E-state index is 0.512. The lowest BCUT2D eigenvalue weighted by molar-refractivity contribution is 0.701. The van der Waals surface area contributed by atoms with Crippen LogP contribution in [0.4, 0.5) is 0 Å². The smallest absolute Gasteiger partial charge is 0.0199 e. The summed E-state index contributed by atoms with van der Waals surface area (Å²) in [6, 6.07) is 0.512. The zero-order valence-corrected chi connectivity index (χ0v) is 5.52. The molecule has 0 spiro atoms. The minimum Gasteiger partial charge on any atom is -0.389 e. The molecule has 0 aliphatic carbocycles. The maximum Gasteiger partial charge on any atom is 0.0199 e. The molecule has 2 nitrogen and oxygen atoms in total. The van der Waals surface area contributed by atoms with E-state index in [0.29, 0.717) is 12.6 Å². The molecule has 0 heterocycles. The first-order chi connectivity index (χ1) is 3.77. The quantitative estimate of drug-likeness (QED) is 0.559. The summed E-state index contributed by atoms with van der Waals surface area (Å²) in [5, 5.41) is 3.09. The third kappa shape index (κ3) is 5.50. The minimum atomic E-state index is 0.512. The van der Waals surface area contributed by atoms with Gasteiger partial charge in [-0.3, -0.25) is 0 Å². The molecule has 0 bridgehead atoms. The summed E-state index contributed by atoms with van der Waals surface area (Å²) in [7, 11) is 0. The van der Waals surface area contributed by atoms with E-state index in [1.54, 1.807) is 0 Å². The Morgan fingerprint density at radius 1 is 1.62 bits per heavy atom. The van der Waals surface area contributed by atoms with Crippen molar-refractivity contribution in [3.05, 3.63) is 12.3 Å². The molecule has 0 saturated carbocycles. The van der Waals surface area contributed by atoms with E-state index >= 15 is 0 Å². The second-order valence-corrected chi connectivity index (χ2v) is 1.96. The Bertz CT molecular complexity index is 66.9. The van der Waals surface area contributed by atoms with Crippen molar-refractivity contribution in [1.82, 2.24) is 5.32 Å². The van der Waals surface area contributed by atoms with Gasteiger partial charge in [0.15, 0.2) is 0 Å². The molecule has 0 atom stereocenters. The lowest BCUT2D eigenvalue weighted by atomic mass is 10.4. The largest absolute Gasteiger partial charge is 0.389 e. The van der Waals surface area contributed by atoms with E-state index in [9.17, 15) is 0 Å². The van der Waals surface area contributed by atoms with Crippen LogP contribution in [0.5, 0.6) is 0 Å². The standard InChI is InChI=1S/C6H14N2/c1-6(2)8-5-3-4-7/h3,5-6,8H,4,7H2,1-2H3. The van der Waals surface area contributed by atoms with Crippen molar-refractivity contribution in [2.75, 3.05) is 6.54 Å². The third-order valence-electron chi connectivity index (χ3n) is 0.683. The Labute approximate surface area is 50.8 Å². The highest BCUT2D eigenvalue weighted by atomic mass is 14.9. The van der Waals surface area contributed by atoms with Crippen LogP contribution in [0.3, 0.4) is 0 Å². The summed E-state index contributed by atoms with van der Waals surface area (Å²) < 4.78 is 0. The summed E-state index contributed by atoms with van der Waals surface area (Å²) >= 11 is 0. The summed E-state index contributed by atoms with van der Waals surface area (Å²) in [4.78, 5) is 0. The van der Waals surface area contributed by atoms with Gasteiger partial charge >= 0.3 is 0 Å². The van der Waals surface area contributed by atoms with Gasteiger partial charge in [-0.15, -0.1) is 0 Å². The van der Waals surface area contributed by atoms with Gasteiger partial charge < -0.3 is 11.1 Å². The van der Waals surface area contributed by atoms with Crippen molar-refractivity contribution in [1.29, 1.82) is 0 Å². The Balaban J connectivity index is 3.03. The molecular formula is C6H14N2. The monoisotopic (exact) mass is 114 g/mol. The average molecular weight is 114 g/mol. The normalized spacial score (nSPS) is 11.0. The fraction of sp³-hybridized carbons (Fsp3) is 0.667. The topological polar surface area (TPSA) is 38.0 Å². The lowest BCUT2D eigenvalue weighted by Gasteiger charge is -2.01. The highest BCUT2D eigenvalue weighted by molar-refractivity contribution is 4.80. The zero-order valence-electron chi connectivity index (χ0n) is 5.52. The number of nitrogens with one attached hydrogen (secondary N) is 1. The molecule has 0 fully saturated rings. The number of nitrogens with two attached hydrogens (primary N) is 1. The van der Waals surface area contributed by atoms with E-state index in [-0.39, 0.29) is 0 Å². The van der Waals surface area contributed by atoms with Crippen LogP contribution in [0.25, 0.3) is 0 Å². The van der Waals surface area contributed by atoms with Crippen LogP contribution in [0.1, 0.15) is 13.8 Å². The van der Waals surface area contributed by atoms with Crippen LogP contribution in [-0.2, 0) is 0 Å². The summed E-state index contributed by atoms with van der Waals surface area (Å²) in [5.74, 6) is 0. The second-order valence-electron chi connectivity index (χ2n) is 1.96. The first-order valence-electron chi connectivity index (χ1n) is 2.88. The predicted molar refractivity (Wildman–Crippen MR) is 36.5 cm³/mol. The van der Waals surface area contributed by atoms with Gasteiger partial charge in [0, 0.05) is 12.6 Å². The molecule has 0 saturated heterocycles. The molecular weight excluding hydrogens is 100 g/mol. The van der Waals surface area contributed by atoms with Crippen molar-refractivity contribution >= 4 is 0 Å². The van der Waals surface area contributed by atoms with Crippen LogP contribution in [0.15, 0.2) is 12.3 Å². The van der Waals surface area contributed by atoms with E-state index in [1.165, 1.54) is 0 Å². The second kappa shape index (κ2) is 4.65. The molecule has 0 unspecified atom stereocenters. The van der Waals surface area contributed by atoms with Crippen LogP contribution in [0, 0.1) is 0 Å². The van der Waals surface area contributed by atoms with Crippen molar-refractivity contribution in [2.45, 2.75) is 19.9 Å². The molecule has 0 aliphatic rings. The van der Waals surface area contributed by atoms with Crippen LogP contribution >= 0.6 is 0 Å². The van der Waals surface area contributed by atoms with Gasteiger partial charge in [0.25, 0.3) is 0 Å². The van der Waals surface area contributed by atoms with E-state index in [0.717, 1.165) is 0 Å². The van der Waals surface area contributed by atoms with Gasteiger partial charge in [-0.25, -0.2) is 0 Å². The number of rotatable bonds is 3. The van der Waals surface area contributed by atoms with E-state index < -0.39 is 0 Å². The molecule has 0 radical (unpaired) electrons. The third-order valence-corrected chi connectivity index (χ3v) is 0.683. The van der Waals surface area contributed by atoms with E-state index in [4.69, 9.17) is 5.73 Å². The number of hydrogen-bond donors (Lipinski definition) is 2. The van der Waals surface area contributed by atoms with Gasteiger partial charge in [-0.2, -0.15) is 0 Å². The van der Waals surface area contributed by atoms with Crippen molar-refractivity contribution in [3.8, 4) is 0 Å². The van der Waals surface area contributed by atoms with E-state index in [1.807, 2.05) is 12.3 Å². The molecule has 0 aromatic rings. The van der Waals surface area contributed by atoms with Crippen LogP contribution < -0.4 is 11.1 Å². The van der Waals surface area contributed by atoms with E-state index in [2.05, 4.69) is 19.2 Å². The average Bonchev–Trinajstić information content (AvgIpc) is 1.66. The predicted octanol–water partition coefficient (Wildman–Crippen LogP) is 0.457. The maximum absolute atomic E-state index is 5.19. The Hall–Kier alpha value is -0.500. The highest BCUT2D eigenvalue weighted by Crippen LogP contribution is 1.73. The van der Waals surface area contributed by atoms with Gasteiger partial charge in [0.2, 0.25) is 0 Å². The molecule has 0 aromatic carbocycles. The zero-order chi connectivity index (χ0) is 6.41. The fourth-order valence-corrected chi connectivity index (χ4v) is 0.329. The molecule has 0 rings (SSSR count). The summed E-state index contributed by atoms with van der Waals surface area (Å²) in [6.07, 6.45) is 3.77. The summed E-state index contributed by atoms with van der Waals surface area (Å²) in [6.45, 7) is 4.78. The SMILES string of the molecule is CC(C)NC=CCN. The van der Waals surface area contributed by atoms with Gasteiger partial charge in [-0.1, -0.05) is 6.08 Å². The highest BCUT2D eigenvalue weighted by Gasteiger charge is 1.80. The lowest BCUT2D eigenvalue weighted by Crippen LogP contribution is -2.15. The first kappa shape index (κ1) is 7.50. The maximum atomic E-state index is 5.19. The van der Waals surface area contributed by atoms with Gasteiger partial charge in [-0.05, 0) is 20.0 Å². The van der Waals surface area contributed by atoms with Crippen LogP contribution in [-0.4, -0.2) is 12.6 Å². The Morgan fingerprint density at radius 3 is 2.62 bits per heavy atom. The molecule has 48 valence electrons. The molecule has 2 heteroatoms. The molecule has 0 aromatic heterocycles. The first-order valence-corrected chi connectivity index (χ1v) is 2.88. The molecule has 0 aliphatic heterocycles. The Morgan fingerprint density at radius 2 is 2.25 bits per heavy atom. The van der Waals surface area contributed by atoms with Gasteiger partial charge in [0.05, 0.1) is 0 Å². The molecule has 3 N–H and O–H groups in total. The molecule has 8 heavy (non-hydrogen) atoms. The fourth-order valence-electron chi connectivity index (χ4n) is 0.329. The van der Waals surface area contributed by atoms with Crippen molar-refractivity contribution < 1.29 is 0 Å². The number of hydrogen-bond acceptors (Lipinski definition) is 2. The summed E-state index contributed by atoms with van der Waals surface area (Å²) in [5.41, 5.74) is 5.19. The van der Waals surface area contributed by atoms with Crippen LogP contribution in [0.2, 0.25) is 0 Å². The van der Waals surface area contributed by atoms with Gasteiger partial charge in [0.1, 0.15) is 0 Å². The van der Waals surface area contributed by atoms with Crippen molar-refractivity contribution in [3.63, 3.8) is 0 Å².